The predicted molar refractivity (Wildman–Crippen MR) is 69.8 cm³/mol. The Labute approximate surface area is 102 Å². The van der Waals surface area contributed by atoms with Crippen molar-refractivity contribution in [3.63, 3.8) is 0 Å². The zero-order valence-corrected chi connectivity index (χ0v) is 11.5. The molecular weight excluding hydrogens is 216 g/mol. The highest BCUT2D eigenvalue weighted by Gasteiger charge is 2.29. The zero-order chi connectivity index (χ0) is 11.8. The average molecular weight is 238 g/mol. The Morgan fingerprint density at radius 2 is 2.25 bits per heavy atom. The summed E-state index contributed by atoms with van der Waals surface area (Å²) in [5.74, 6) is 0.983. The highest BCUT2D eigenvalue weighted by Crippen LogP contribution is 2.34. The molecule has 1 aromatic rings. The number of nitrogens with one attached hydrogen (secondary N) is 1. The van der Waals surface area contributed by atoms with Gasteiger partial charge >= 0.3 is 0 Å². The van der Waals surface area contributed by atoms with Crippen LogP contribution in [0.2, 0.25) is 0 Å². The summed E-state index contributed by atoms with van der Waals surface area (Å²) in [6.45, 7) is 8.87. The molecule has 0 radical (unpaired) electrons. The van der Waals surface area contributed by atoms with Crippen LogP contribution < -0.4 is 5.32 Å². The van der Waals surface area contributed by atoms with Gasteiger partial charge in [0.1, 0.15) is 5.01 Å². The second-order valence-electron chi connectivity index (χ2n) is 5.63. The summed E-state index contributed by atoms with van der Waals surface area (Å²) in [5.41, 5.74) is 0.00718. The second kappa shape index (κ2) is 4.46. The van der Waals surface area contributed by atoms with Crippen LogP contribution in [-0.2, 0) is 5.54 Å². The van der Waals surface area contributed by atoms with E-state index in [1.54, 1.807) is 11.3 Å². The van der Waals surface area contributed by atoms with Crippen LogP contribution in [0.5, 0.6) is 0 Å². The molecule has 1 heterocycles. The van der Waals surface area contributed by atoms with E-state index in [0.29, 0.717) is 6.04 Å². The highest BCUT2D eigenvalue weighted by atomic mass is 32.1. The van der Waals surface area contributed by atoms with Crippen LogP contribution in [0.1, 0.15) is 49.9 Å². The largest absolute Gasteiger partial charge is 0.303 e. The Morgan fingerprint density at radius 3 is 2.75 bits per heavy atom. The smallest absolute Gasteiger partial charge is 0.112 e. The van der Waals surface area contributed by atoms with Crippen molar-refractivity contribution >= 4 is 11.3 Å². The first kappa shape index (κ1) is 12.1. The molecule has 0 amide bonds. The molecule has 0 saturated heterocycles. The number of rotatable bonds is 5. The number of thiazole rings is 1. The van der Waals surface area contributed by atoms with Crippen LogP contribution in [-0.4, -0.2) is 11.0 Å². The molecule has 0 bridgehead atoms. The van der Waals surface area contributed by atoms with E-state index in [9.17, 15) is 0 Å². The Morgan fingerprint density at radius 1 is 1.56 bits per heavy atom. The quantitative estimate of drug-likeness (QED) is 0.849. The third kappa shape index (κ3) is 3.05. The minimum Gasteiger partial charge on any atom is -0.303 e. The Balaban J connectivity index is 1.95. The zero-order valence-electron chi connectivity index (χ0n) is 10.7. The molecule has 1 unspecified atom stereocenters. The molecule has 2 nitrogen and oxygen atoms in total. The van der Waals surface area contributed by atoms with Gasteiger partial charge in [0, 0.05) is 17.1 Å². The van der Waals surface area contributed by atoms with Gasteiger partial charge < -0.3 is 5.32 Å². The summed E-state index contributed by atoms with van der Waals surface area (Å²) in [7, 11) is 0. The van der Waals surface area contributed by atoms with E-state index in [0.717, 1.165) is 5.92 Å². The van der Waals surface area contributed by atoms with Crippen molar-refractivity contribution < 1.29 is 0 Å². The number of hydrogen-bond acceptors (Lipinski definition) is 3. The van der Waals surface area contributed by atoms with Gasteiger partial charge in [-0.25, -0.2) is 4.98 Å². The minimum atomic E-state index is 0.00718. The van der Waals surface area contributed by atoms with Crippen molar-refractivity contribution in [1.82, 2.24) is 10.3 Å². The molecule has 2 rings (SSSR count). The van der Waals surface area contributed by atoms with Gasteiger partial charge in [-0.1, -0.05) is 12.8 Å². The molecule has 0 aliphatic heterocycles. The van der Waals surface area contributed by atoms with Gasteiger partial charge in [-0.05, 0) is 40.0 Å². The maximum atomic E-state index is 4.49. The number of hydrogen-bond donors (Lipinski definition) is 1. The van der Waals surface area contributed by atoms with Crippen LogP contribution in [0.25, 0.3) is 0 Å². The van der Waals surface area contributed by atoms with Gasteiger partial charge in [0.2, 0.25) is 0 Å². The molecule has 16 heavy (non-hydrogen) atoms. The van der Waals surface area contributed by atoms with E-state index >= 15 is 0 Å². The first-order valence-electron chi connectivity index (χ1n) is 6.18. The molecule has 0 spiro atoms. The fourth-order valence-corrected chi connectivity index (χ4v) is 3.06. The summed E-state index contributed by atoms with van der Waals surface area (Å²) < 4.78 is 0. The number of aromatic nitrogens is 1. The molecular formula is C13H22N2S. The second-order valence-corrected chi connectivity index (χ2v) is 6.86. The van der Waals surface area contributed by atoms with Crippen molar-refractivity contribution in [3.05, 3.63) is 16.1 Å². The summed E-state index contributed by atoms with van der Waals surface area (Å²) in [6, 6.07) is 0.590. The first-order valence-corrected chi connectivity index (χ1v) is 6.99. The van der Waals surface area contributed by atoms with Gasteiger partial charge in [0.15, 0.2) is 0 Å². The standard InChI is InChI=1S/C13H22N2S/c1-9(7-11-5-6-11)15-13(3,4)12-14-8-10(2)16-12/h8-9,11,15H,5-7H2,1-4H3. The van der Waals surface area contributed by atoms with Crippen LogP contribution in [0.3, 0.4) is 0 Å². The van der Waals surface area contributed by atoms with Crippen LogP contribution in [0, 0.1) is 12.8 Å². The summed E-state index contributed by atoms with van der Waals surface area (Å²) in [6.07, 6.45) is 6.15. The van der Waals surface area contributed by atoms with Gasteiger partial charge in [-0.3, -0.25) is 0 Å². The van der Waals surface area contributed by atoms with Gasteiger partial charge in [0.25, 0.3) is 0 Å². The maximum absolute atomic E-state index is 4.49. The lowest BCUT2D eigenvalue weighted by Gasteiger charge is -2.28. The molecule has 1 saturated carbocycles. The van der Waals surface area contributed by atoms with E-state index in [-0.39, 0.29) is 5.54 Å². The molecule has 1 N–H and O–H groups in total. The minimum absolute atomic E-state index is 0.00718. The van der Waals surface area contributed by atoms with E-state index in [2.05, 4.69) is 38.0 Å². The third-order valence-electron chi connectivity index (χ3n) is 3.15. The molecule has 0 aromatic carbocycles. The molecule has 1 aromatic heterocycles. The van der Waals surface area contributed by atoms with Gasteiger partial charge in [-0.15, -0.1) is 11.3 Å². The third-order valence-corrected chi connectivity index (χ3v) is 4.38. The lowest BCUT2D eigenvalue weighted by molar-refractivity contribution is 0.333. The lowest BCUT2D eigenvalue weighted by atomic mass is 10.0. The Kier molecular flexibility index (Phi) is 3.36. The number of aryl methyl sites for hydroxylation is 1. The van der Waals surface area contributed by atoms with Gasteiger partial charge in [-0.2, -0.15) is 0 Å². The molecule has 1 aliphatic rings. The Bertz CT molecular complexity index is 353. The van der Waals surface area contributed by atoms with E-state index in [4.69, 9.17) is 0 Å². The molecule has 90 valence electrons. The van der Waals surface area contributed by atoms with Crippen molar-refractivity contribution in [2.75, 3.05) is 0 Å². The van der Waals surface area contributed by atoms with Crippen LogP contribution in [0.15, 0.2) is 6.20 Å². The van der Waals surface area contributed by atoms with Crippen LogP contribution in [0.4, 0.5) is 0 Å². The molecule has 1 aliphatic carbocycles. The van der Waals surface area contributed by atoms with E-state index in [1.165, 1.54) is 29.1 Å². The normalized spacial score (nSPS) is 18.8. The Hall–Kier alpha value is -0.410. The first-order chi connectivity index (χ1) is 7.47. The predicted octanol–water partition coefficient (Wildman–Crippen LogP) is 3.46. The summed E-state index contributed by atoms with van der Waals surface area (Å²) in [5, 5.41) is 4.91. The van der Waals surface area contributed by atoms with Gasteiger partial charge in [0.05, 0.1) is 5.54 Å². The number of nitrogens with zero attached hydrogens (tertiary/aromatic N) is 1. The lowest BCUT2D eigenvalue weighted by Crippen LogP contribution is -2.42. The van der Waals surface area contributed by atoms with Crippen molar-refractivity contribution in [2.45, 2.75) is 58.5 Å². The van der Waals surface area contributed by atoms with E-state index in [1.807, 2.05) is 6.20 Å². The summed E-state index contributed by atoms with van der Waals surface area (Å²) in [4.78, 5) is 5.78. The highest BCUT2D eigenvalue weighted by molar-refractivity contribution is 7.11. The summed E-state index contributed by atoms with van der Waals surface area (Å²) >= 11 is 1.80. The fraction of sp³-hybridized carbons (Fsp3) is 0.769. The van der Waals surface area contributed by atoms with Crippen molar-refractivity contribution in [1.29, 1.82) is 0 Å². The monoisotopic (exact) mass is 238 g/mol. The maximum Gasteiger partial charge on any atom is 0.112 e. The fourth-order valence-electron chi connectivity index (χ4n) is 2.23. The average Bonchev–Trinajstić information content (AvgIpc) is 2.84. The molecule has 3 heteroatoms. The molecule has 1 fully saturated rings. The van der Waals surface area contributed by atoms with Crippen molar-refractivity contribution in [3.8, 4) is 0 Å². The SMILES string of the molecule is Cc1cnc(C(C)(C)NC(C)CC2CC2)s1. The van der Waals surface area contributed by atoms with Crippen LogP contribution >= 0.6 is 11.3 Å². The molecule has 1 atom stereocenters. The topological polar surface area (TPSA) is 24.9 Å². The van der Waals surface area contributed by atoms with E-state index < -0.39 is 0 Å². The van der Waals surface area contributed by atoms with Crippen molar-refractivity contribution in [2.24, 2.45) is 5.92 Å².